The standard InChI is InChI=1S/C22H29N5O6S2/c1-12-17(27-21(24-12)34-19(25-27)22(2,3)20(29)33-5)13-10-16(18(32-4)23-11-13)35(30,31)26-14-6-8-15(28)9-7-14/h10-11,14-15,26,28H,6-9H2,1-5H3/t14-,15+. The molecule has 190 valence electrons. The largest absolute Gasteiger partial charge is 0.480 e. The van der Waals surface area contributed by atoms with Crippen LogP contribution in [0.5, 0.6) is 5.88 Å². The quantitative estimate of drug-likeness (QED) is 0.445. The number of esters is 1. The lowest BCUT2D eigenvalue weighted by Gasteiger charge is -2.26. The van der Waals surface area contributed by atoms with E-state index in [1.54, 1.807) is 25.3 Å². The smallest absolute Gasteiger partial charge is 0.318 e. The van der Waals surface area contributed by atoms with Crippen LogP contribution in [-0.2, 0) is 25.0 Å². The number of pyridine rings is 1. The van der Waals surface area contributed by atoms with Crippen LogP contribution in [0.15, 0.2) is 17.2 Å². The van der Waals surface area contributed by atoms with Crippen molar-refractivity contribution in [3.63, 3.8) is 0 Å². The molecule has 0 atom stereocenters. The first-order valence-electron chi connectivity index (χ1n) is 11.2. The molecule has 3 aromatic rings. The number of hydrogen-bond donors (Lipinski definition) is 2. The van der Waals surface area contributed by atoms with Gasteiger partial charge in [0.15, 0.2) is 0 Å². The fourth-order valence-electron chi connectivity index (χ4n) is 4.16. The van der Waals surface area contributed by atoms with Crippen LogP contribution >= 0.6 is 11.3 Å². The van der Waals surface area contributed by atoms with Gasteiger partial charge in [0.2, 0.25) is 20.9 Å². The van der Waals surface area contributed by atoms with Gasteiger partial charge in [-0.05, 0) is 52.5 Å². The number of aliphatic hydroxyl groups is 1. The molecule has 0 unspecified atom stereocenters. The molecule has 1 fully saturated rings. The van der Waals surface area contributed by atoms with Gasteiger partial charge in [-0.25, -0.2) is 27.6 Å². The summed E-state index contributed by atoms with van der Waals surface area (Å²) in [4.78, 5) is 21.5. The van der Waals surface area contributed by atoms with Gasteiger partial charge in [-0.2, -0.15) is 5.10 Å². The van der Waals surface area contributed by atoms with Gasteiger partial charge in [0.1, 0.15) is 15.3 Å². The Morgan fingerprint density at radius 2 is 1.94 bits per heavy atom. The first-order valence-corrected chi connectivity index (χ1v) is 13.5. The van der Waals surface area contributed by atoms with Crippen LogP contribution in [0.3, 0.4) is 0 Å². The Bertz CT molecular complexity index is 1360. The maximum absolute atomic E-state index is 13.3. The van der Waals surface area contributed by atoms with Crippen LogP contribution in [0.4, 0.5) is 0 Å². The van der Waals surface area contributed by atoms with Crippen molar-refractivity contribution in [2.45, 2.75) is 68.9 Å². The number of imidazole rings is 1. The van der Waals surface area contributed by atoms with Gasteiger partial charge in [-0.1, -0.05) is 11.3 Å². The molecule has 1 saturated carbocycles. The third-order valence-electron chi connectivity index (χ3n) is 6.20. The molecule has 0 saturated heterocycles. The van der Waals surface area contributed by atoms with Crippen molar-refractivity contribution >= 4 is 32.3 Å². The van der Waals surface area contributed by atoms with Crippen LogP contribution in [0.25, 0.3) is 16.2 Å². The minimum Gasteiger partial charge on any atom is -0.480 e. The predicted octanol–water partition coefficient (Wildman–Crippen LogP) is 2.20. The van der Waals surface area contributed by atoms with Gasteiger partial charge < -0.3 is 14.6 Å². The van der Waals surface area contributed by atoms with Gasteiger partial charge in [-0.3, -0.25) is 4.79 Å². The monoisotopic (exact) mass is 523 g/mol. The molecule has 13 heteroatoms. The van der Waals surface area contributed by atoms with E-state index in [1.807, 2.05) is 0 Å². The Balaban J connectivity index is 1.76. The molecular weight excluding hydrogens is 494 g/mol. The summed E-state index contributed by atoms with van der Waals surface area (Å²) in [5, 5.41) is 14.9. The number of hydrogen-bond acceptors (Lipinski definition) is 10. The average Bonchev–Trinajstić information content (AvgIpc) is 3.36. The molecule has 1 aliphatic carbocycles. The summed E-state index contributed by atoms with van der Waals surface area (Å²) in [6.07, 6.45) is 3.31. The summed E-state index contributed by atoms with van der Waals surface area (Å²) in [5.41, 5.74) is 0.712. The van der Waals surface area contributed by atoms with E-state index in [0.717, 1.165) is 0 Å². The topological polar surface area (TPSA) is 145 Å². The molecule has 0 aliphatic heterocycles. The normalized spacial score (nSPS) is 19.1. The van der Waals surface area contributed by atoms with E-state index in [9.17, 15) is 18.3 Å². The maximum atomic E-state index is 13.3. The van der Waals surface area contributed by atoms with E-state index in [1.165, 1.54) is 37.8 Å². The highest BCUT2D eigenvalue weighted by molar-refractivity contribution is 7.89. The van der Waals surface area contributed by atoms with Gasteiger partial charge in [0.05, 0.1) is 31.7 Å². The summed E-state index contributed by atoms with van der Waals surface area (Å²) < 4.78 is 41.1. The fraction of sp³-hybridized carbons (Fsp3) is 0.545. The van der Waals surface area contributed by atoms with Gasteiger partial charge in [-0.15, -0.1) is 0 Å². The van der Waals surface area contributed by atoms with E-state index in [2.05, 4.69) is 19.8 Å². The second kappa shape index (κ2) is 9.45. The lowest BCUT2D eigenvalue weighted by Crippen LogP contribution is -2.38. The number of sulfonamides is 1. The molecule has 0 aromatic carbocycles. The van der Waals surface area contributed by atoms with E-state index >= 15 is 0 Å². The first-order chi connectivity index (χ1) is 16.5. The van der Waals surface area contributed by atoms with Crippen LogP contribution < -0.4 is 9.46 Å². The highest BCUT2D eigenvalue weighted by Gasteiger charge is 2.36. The van der Waals surface area contributed by atoms with Crippen molar-refractivity contribution in [1.29, 1.82) is 0 Å². The van der Waals surface area contributed by atoms with Gasteiger partial charge in [0.25, 0.3) is 0 Å². The van der Waals surface area contributed by atoms with Crippen LogP contribution in [0.1, 0.15) is 50.2 Å². The van der Waals surface area contributed by atoms with Crippen molar-refractivity contribution in [1.82, 2.24) is 24.3 Å². The zero-order valence-electron chi connectivity index (χ0n) is 20.2. The molecule has 0 radical (unpaired) electrons. The molecular formula is C22H29N5O6S2. The Morgan fingerprint density at radius 1 is 1.26 bits per heavy atom. The molecule has 35 heavy (non-hydrogen) atoms. The van der Waals surface area contributed by atoms with E-state index < -0.39 is 27.5 Å². The number of nitrogens with one attached hydrogen (secondary N) is 1. The second-order valence-corrected chi connectivity index (χ2v) is 11.8. The average molecular weight is 524 g/mol. The SMILES string of the molecule is COC(=O)C(C)(C)c1nn2c(-c3cnc(OC)c(S(=O)(=O)N[C@H]4CC[C@@H](O)CC4)c3)c(C)nc2s1. The molecule has 0 amide bonds. The molecule has 11 nitrogen and oxygen atoms in total. The lowest BCUT2D eigenvalue weighted by molar-refractivity contribution is -0.146. The number of methoxy groups -OCH3 is 2. The minimum absolute atomic E-state index is 0.0266. The van der Waals surface area contributed by atoms with Crippen molar-refractivity contribution < 1.29 is 27.8 Å². The number of aromatic nitrogens is 4. The zero-order valence-corrected chi connectivity index (χ0v) is 21.9. The maximum Gasteiger partial charge on any atom is 0.318 e. The molecule has 3 aromatic heterocycles. The fourth-order valence-corrected chi connectivity index (χ4v) is 6.64. The predicted molar refractivity (Wildman–Crippen MR) is 129 cm³/mol. The van der Waals surface area contributed by atoms with Crippen molar-refractivity contribution in [2.75, 3.05) is 14.2 Å². The molecule has 1 aliphatic rings. The Labute approximate surface area is 207 Å². The van der Waals surface area contributed by atoms with Crippen LogP contribution in [-0.4, -0.2) is 65.4 Å². The molecule has 2 N–H and O–H groups in total. The summed E-state index contributed by atoms with van der Waals surface area (Å²) >= 11 is 1.26. The number of fused-ring (bicyclic) bond motifs is 1. The van der Waals surface area contributed by atoms with E-state index in [0.29, 0.717) is 52.6 Å². The van der Waals surface area contributed by atoms with Gasteiger partial charge in [0, 0.05) is 17.8 Å². The summed E-state index contributed by atoms with van der Waals surface area (Å²) in [6, 6.07) is 1.22. The Hall–Kier alpha value is -2.61. The summed E-state index contributed by atoms with van der Waals surface area (Å²) in [6.45, 7) is 5.24. The van der Waals surface area contributed by atoms with E-state index in [-0.39, 0.29) is 16.8 Å². The lowest BCUT2D eigenvalue weighted by atomic mass is 9.94. The van der Waals surface area contributed by atoms with E-state index in [4.69, 9.17) is 9.47 Å². The van der Waals surface area contributed by atoms with Crippen LogP contribution in [0, 0.1) is 6.92 Å². The number of carbonyl (C=O) groups is 1. The second-order valence-electron chi connectivity index (χ2n) is 9.12. The zero-order chi connectivity index (χ0) is 25.5. The number of ether oxygens (including phenoxy) is 2. The molecule has 0 bridgehead atoms. The highest BCUT2D eigenvalue weighted by Crippen LogP contribution is 2.35. The highest BCUT2D eigenvalue weighted by atomic mass is 32.2. The van der Waals surface area contributed by atoms with Crippen molar-refractivity contribution in [3.05, 3.63) is 23.0 Å². The Kier molecular flexibility index (Phi) is 6.88. The molecule has 3 heterocycles. The van der Waals surface area contributed by atoms with Crippen molar-refractivity contribution in [2.24, 2.45) is 0 Å². The third-order valence-corrected chi connectivity index (χ3v) is 8.95. The summed E-state index contributed by atoms with van der Waals surface area (Å²) in [5.74, 6) is -0.449. The molecule has 4 rings (SSSR count). The van der Waals surface area contributed by atoms with Crippen LogP contribution in [0.2, 0.25) is 0 Å². The summed E-state index contributed by atoms with van der Waals surface area (Å²) in [7, 11) is -1.27. The minimum atomic E-state index is -3.96. The van der Waals surface area contributed by atoms with Crippen molar-refractivity contribution in [3.8, 4) is 17.1 Å². The number of aliphatic hydroxyl groups excluding tert-OH is 1. The molecule has 0 spiro atoms. The van der Waals surface area contributed by atoms with Gasteiger partial charge >= 0.3 is 5.97 Å². The first kappa shape index (κ1) is 25.5. The number of rotatable bonds is 7. The Morgan fingerprint density at radius 3 is 2.57 bits per heavy atom. The number of carbonyl (C=O) groups excluding carboxylic acids is 1. The number of aryl methyl sites for hydroxylation is 1. The third kappa shape index (κ3) is 4.77. The number of nitrogens with zero attached hydrogens (tertiary/aromatic N) is 4.